The van der Waals surface area contributed by atoms with Crippen LogP contribution in [0.15, 0.2) is 50.3 Å². The van der Waals surface area contributed by atoms with Crippen LogP contribution in [0.4, 0.5) is 10.7 Å². The lowest BCUT2D eigenvalue weighted by molar-refractivity contribution is 0.102. The normalized spacial score (nSPS) is 16.5. The second-order valence-corrected chi connectivity index (χ2v) is 11.2. The number of aliphatic imine (C=N–C) groups is 1. The first-order valence-electron chi connectivity index (χ1n) is 10.5. The van der Waals surface area contributed by atoms with Crippen LogP contribution in [0.3, 0.4) is 0 Å². The second kappa shape index (κ2) is 8.75. The number of benzene rings is 1. The number of furan rings is 1. The van der Waals surface area contributed by atoms with Crippen LogP contribution in [0.1, 0.15) is 59.5 Å². The fourth-order valence-electron chi connectivity index (χ4n) is 4.01. The summed E-state index contributed by atoms with van der Waals surface area (Å²) in [6.07, 6.45) is 4.71. The molecule has 6 heteroatoms. The highest BCUT2D eigenvalue weighted by atomic mass is 79.9. The van der Waals surface area contributed by atoms with Gasteiger partial charge in [0.1, 0.15) is 16.5 Å². The van der Waals surface area contributed by atoms with Crippen molar-refractivity contribution in [3.8, 4) is 0 Å². The largest absolute Gasteiger partial charge is 0.460 e. The molecule has 0 saturated heterocycles. The van der Waals surface area contributed by atoms with E-state index in [0.29, 0.717) is 17.2 Å². The van der Waals surface area contributed by atoms with E-state index < -0.39 is 0 Å². The third kappa shape index (κ3) is 5.01. The summed E-state index contributed by atoms with van der Waals surface area (Å²) in [5.41, 5.74) is 2.88. The number of nitrogens with one attached hydrogen (secondary N) is 1. The highest BCUT2D eigenvalue weighted by molar-refractivity contribution is 9.10. The number of aryl methyl sites for hydroxylation is 1. The third-order valence-corrected chi connectivity index (χ3v) is 7.56. The smallest absolute Gasteiger partial charge is 0.259 e. The first-order valence-corrected chi connectivity index (χ1v) is 12.1. The van der Waals surface area contributed by atoms with E-state index in [-0.39, 0.29) is 11.3 Å². The van der Waals surface area contributed by atoms with E-state index in [9.17, 15) is 4.79 Å². The van der Waals surface area contributed by atoms with Crippen molar-refractivity contribution in [2.75, 3.05) is 5.32 Å². The number of hydrogen-bond donors (Lipinski definition) is 1. The third-order valence-electron chi connectivity index (χ3n) is 5.87. The zero-order valence-electron chi connectivity index (χ0n) is 18.3. The molecule has 2 aromatic heterocycles. The summed E-state index contributed by atoms with van der Waals surface area (Å²) in [4.78, 5) is 19.3. The van der Waals surface area contributed by atoms with E-state index in [2.05, 4.69) is 42.0 Å². The maximum atomic E-state index is 13.3. The lowest BCUT2D eigenvalue weighted by atomic mass is 9.72. The van der Waals surface area contributed by atoms with Crippen molar-refractivity contribution in [3.63, 3.8) is 0 Å². The van der Waals surface area contributed by atoms with Gasteiger partial charge in [0.25, 0.3) is 5.91 Å². The summed E-state index contributed by atoms with van der Waals surface area (Å²) in [5.74, 6) is 2.03. The molecule has 1 aliphatic carbocycles. The minimum absolute atomic E-state index is 0.100. The summed E-state index contributed by atoms with van der Waals surface area (Å²) in [6.45, 7) is 8.81. The summed E-state index contributed by atoms with van der Waals surface area (Å²) in [6, 6.07) is 11.4. The molecule has 1 aliphatic rings. The first kappa shape index (κ1) is 22.0. The lowest BCUT2D eigenvalue weighted by Crippen LogP contribution is -2.27. The minimum atomic E-state index is -0.100. The fraction of sp³-hybridized carbons (Fsp3) is 0.360. The number of rotatable bonds is 4. The molecule has 4 nitrogen and oxygen atoms in total. The molecular weight excluding hydrogens is 472 g/mol. The molecule has 3 aromatic rings. The summed E-state index contributed by atoms with van der Waals surface area (Å²) < 4.78 is 6.60. The Morgan fingerprint density at radius 3 is 2.61 bits per heavy atom. The molecule has 0 aliphatic heterocycles. The van der Waals surface area contributed by atoms with Gasteiger partial charge in [0, 0.05) is 15.0 Å². The quantitative estimate of drug-likeness (QED) is 0.377. The minimum Gasteiger partial charge on any atom is -0.460 e. The van der Waals surface area contributed by atoms with Gasteiger partial charge >= 0.3 is 0 Å². The standard InChI is InChI=1S/C25H27BrN2O2S/c1-15-5-11-19(30-15)14-27-24-22(23(29)28-18-9-7-17(26)8-10-18)20-12-6-16(25(2,3)4)13-21(20)31-24/h5,7-11,14,16H,6,12-13H2,1-4H3,(H,28,29). The summed E-state index contributed by atoms with van der Waals surface area (Å²) in [7, 11) is 0. The number of carbonyl (C=O) groups is 1. The number of fused-ring (bicyclic) bond motifs is 1. The molecule has 1 aromatic carbocycles. The molecule has 2 heterocycles. The van der Waals surface area contributed by atoms with E-state index in [1.54, 1.807) is 17.6 Å². The fourth-order valence-corrected chi connectivity index (χ4v) is 5.54. The van der Waals surface area contributed by atoms with E-state index >= 15 is 0 Å². The lowest BCUT2D eigenvalue weighted by Gasteiger charge is -2.33. The highest BCUT2D eigenvalue weighted by Crippen LogP contribution is 2.45. The van der Waals surface area contributed by atoms with Gasteiger partial charge in [-0.25, -0.2) is 4.99 Å². The van der Waals surface area contributed by atoms with Gasteiger partial charge in [-0.05, 0) is 79.5 Å². The van der Waals surface area contributed by atoms with Gasteiger partial charge < -0.3 is 9.73 Å². The van der Waals surface area contributed by atoms with Crippen LogP contribution in [0, 0.1) is 18.3 Å². The van der Waals surface area contributed by atoms with Crippen LogP contribution in [-0.4, -0.2) is 12.1 Å². The van der Waals surface area contributed by atoms with Gasteiger partial charge in [-0.15, -0.1) is 11.3 Å². The van der Waals surface area contributed by atoms with Crippen molar-refractivity contribution in [1.82, 2.24) is 0 Å². The van der Waals surface area contributed by atoms with Crippen molar-refractivity contribution < 1.29 is 9.21 Å². The highest BCUT2D eigenvalue weighted by Gasteiger charge is 2.33. The Hall–Kier alpha value is -2.18. The number of nitrogens with zero attached hydrogens (tertiary/aromatic N) is 1. The SMILES string of the molecule is Cc1ccc(C=Nc2sc3c(c2C(=O)Nc2ccc(Br)cc2)CCC(C(C)(C)C)C3)o1. The van der Waals surface area contributed by atoms with Crippen LogP contribution in [-0.2, 0) is 12.8 Å². The Morgan fingerprint density at radius 2 is 1.97 bits per heavy atom. The molecule has 0 spiro atoms. The molecule has 31 heavy (non-hydrogen) atoms. The van der Waals surface area contributed by atoms with Crippen molar-refractivity contribution in [1.29, 1.82) is 0 Å². The number of anilines is 1. The molecule has 1 atom stereocenters. The Labute approximate surface area is 195 Å². The van der Waals surface area contributed by atoms with Gasteiger partial charge in [0.05, 0.1) is 11.8 Å². The Balaban J connectivity index is 1.69. The zero-order chi connectivity index (χ0) is 22.2. The topological polar surface area (TPSA) is 54.6 Å². The maximum Gasteiger partial charge on any atom is 0.259 e. The average Bonchev–Trinajstić information content (AvgIpc) is 3.29. The second-order valence-electron chi connectivity index (χ2n) is 9.16. The maximum absolute atomic E-state index is 13.3. The van der Waals surface area contributed by atoms with Gasteiger partial charge in [-0.1, -0.05) is 36.7 Å². The molecule has 162 valence electrons. The Bertz CT molecular complexity index is 1120. The van der Waals surface area contributed by atoms with E-state index in [1.807, 2.05) is 43.3 Å². The molecule has 4 rings (SSSR count). The number of carbonyl (C=O) groups excluding carboxylic acids is 1. The van der Waals surface area contributed by atoms with E-state index in [4.69, 9.17) is 9.41 Å². The average molecular weight is 499 g/mol. The predicted molar refractivity (Wildman–Crippen MR) is 132 cm³/mol. The molecule has 0 bridgehead atoms. The molecule has 0 fully saturated rings. The summed E-state index contributed by atoms with van der Waals surface area (Å²) >= 11 is 5.08. The van der Waals surface area contributed by atoms with Gasteiger partial charge in [-0.3, -0.25) is 4.79 Å². The molecule has 0 saturated carbocycles. The van der Waals surface area contributed by atoms with Crippen molar-refractivity contribution in [2.45, 2.75) is 47.0 Å². The summed E-state index contributed by atoms with van der Waals surface area (Å²) in [5, 5.41) is 3.81. The van der Waals surface area contributed by atoms with Gasteiger partial charge in [0.15, 0.2) is 0 Å². The Kier molecular flexibility index (Phi) is 6.22. The molecule has 1 N–H and O–H groups in total. The zero-order valence-corrected chi connectivity index (χ0v) is 20.7. The van der Waals surface area contributed by atoms with Crippen LogP contribution < -0.4 is 5.32 Å². The number of hydrogen-bond acceptors (Lipinski definition) is 4. The van der Waals surface area contributed by atoms with E-state index in [1.165, 1.54) is 4.88 Å². The van der Waals surface area contributed by atoms with Crippen LogP contribution >= 0.6 is 27.3 Å². The van der Waals surface area contributed by atoms with Gasteiger partial charge in [0.2, 0.25) is 0 Å². The number of thiophene rings is 1. The number of amides is 1. The van der Waals surface area contributed by atoms with Gasteiger partial charge in [-0.2, -0.15) is 0 Å². The van der Waals surface area contributed by atoms with E-state index in [0.717, 1.165) is 45.7 Å². The molecule has 1 unspecified atom stereocenters. The number of halogens is 1. The molecular formula is C25H27BrN2O2S. The van der Waals surface area contributed by atoms with Crippen molar-refractivity contribution >= 4 is 50.1 Å². The van der Waals surface area contributed by atoms with Crippen LogP contribution in [0.25, 0.3) is 0 Å². The monoisotopic (exact) mass is 498 g/mol. The molecule has 1 amide bonds. The molecule has 0 radical (unpaired) electrons. The first-order chi connectivity index (χ1) is 14.7. The van der Waals surface area contributed by atoms with Crippen molar-refractivity contribution in [2.24, 2.45) is 16.3 Å². The Morgan fingerprint density at radius 1 is 1.23 bits per heavy atom. The predicted octanol–water partition coefficient (Wildman–Crippen LogP) is 7.57. The van der Waals surface area contributed by atoms with Crippen LogP contribution in [0.5, 0.6) is 0 Å². The van der Waals surface area contributed by atoms with Crippen LogP contribution in [0.2, 0.25) is 0 Å². The van der Waals surface area contributed by atoms with Crippen molar-refractivity contribution in [3.05, 3.63) is 68.4 Å².